The van der Waals surface area contributed by atoms with Gasteiger partial charge in [-0.1, -0.05) is 87.6 Å². The van der Waals surface area contributed by atoms with E-state index in [-0.39, 0.29) is 0 Å². The van der Waals surface area contributed by atoms with Crippen LogP contribution in [0.4, 0.5) is 0 Å². The maximum atomic E-state index is 2.23. The summed E-state index contributed by atoms with van der Waals surface area (Å²) in [5, 5.41) is 2.64. The van der Waals surface area contributed by atoms with Gasteiger partial charge in [-0.25, -0.2) is 0 Å². The summed E-state index contributed by atoms with van der Waals surface area (Å²) in [7, 11) is 0. The molecular weight excluding hydrogens is 204 g/mol. The van der Waals surface area contributed by atoms with Gasteiger partial charge in [0, 0.05) is 0 Å². The Kier molecular flexibility index (Phi) is 6.39. The van der Waals surface area contributed by atoms with Crippen molar-refractivity contribution in [3.63, 3.8) is 0 Å². The van der Waals surface area contributed by atoms with Crippen LogP contribution in [0.2, 0.25) is 0 Å². The fourth-order valence-corrected chi connectivity index (χ4v) is 1.81. The summed E-state index contributed by atoms with van der Waals surface area (Å²) in [6.45, 7) is 6.58. The van der Waals surface area contributed by atoms with E-state index in [2.05, 4.69) is 63.2 Å². The second-order valence-electron chi connectivity index (χ2n) is 4.56. The molecule has 0 aromatic heterocycles. The minimum Gasteiger partial charge on any atom is -0.0654 e. The van der Waals surface area contributed by atoms with Gasteiger partial charge in [0.15, 0.2) is 0 Å². The van der Waals surface area contributed by atoms with Crippen molar-refractivity contribution in [1.29, 1.82) is 0 Å². The third-order valence-electron chi connectivity index (χ3n) is 2.86. The summed E-state index contributed by atoms with van der Waals surface area (Å²) in [6.07, 6.45) is 5.54. The van der Waals surface area contributed by atoms with Gasteiger partial charge in [0.25, 0.3) is 0 Å². The maximum Gasteiger partial charge on any atom is -0.0181 e. The fourth-order valence-electron chi connectivity index (χ4n) is 1.81. The molecule has 0 saturated heterocycles. The largest absolute Gasteiger partial charge is 0.0654 e. The minimum absolute atomic E-state index is 1.32. The highest BCUT2D eigenvalue weighted by atomic mass is 13.9. The molecule has 0 heteroatoms. The molecule has 0 N–H and O–H groups in total. The molecule has 0 unspecified atom stereocenters. The first kappa shape index (κ1) is 13.8. The standard InChI is InChI=1S/C11H10.C6H14/c1-9-6-7-10-4-2-3-5-11(10)8-9;1-3-5-6-4-2/h2-8H,1H3;3-6H2,1-2H3. The summed E-state index contributed by atoms with van der Waals surface area (Å²) in [6, 6.07) is 14.9. The van der Waals surface area contributed by atoms with Gasteiger partial charge in [-0.3, -0.25) is 0 Å². The highest BCUT2D eigenvalue weighted by Gasteiger charge is 1.89. The first-order valence-electron chi connectivity index (χ1n) is 6.73. The number of benzene rings is 2. The Morgan fingerprint density at radius 3 is 1.94 bits per heavy atom. The Morgan fingerprint density at radius 2 is 1.35 bits per heavy atom. The summed E-state index contributed by atoms with van der Waals surface area (Å²) >= 11 is 0. The van der Waals surface area contributed by atoms with Crippen LogP contribution in [0.3, 0.4) is 0 Å². The molecule has 0 saturated carbocycles. The second kappa shape index (κ2) is 7.89. The van der Waals surface area contributed by atoms with Crippen LogP contribution in [-0.4, -0.2) is 0 Å². The van der Waals surface area contributed by atoms with Crippen molar-refractivity contribution in [3.8, 4) is 0 Å². The Bertz CT molecular complexity index is 425. The van der Waals surface area contributed by atoms with Gasteiger partial charge in [-0.05, 0) is 17.7 Å². The Hall–Kier alpha value is -1.30. The maximum absolute atomic E-state index is 2.23. The molecule has 0 spiro atoms. The normalized spacial score (nSPS) is 9.82. The first-order valence-corrected chi connectivity index (χ1v) is 6.73. The van der Waals surface area contributed by atoms with E-state index in [0.717, 1.165) is 0 Å². The van der Waals surface area contributed by atoms with Crippen molar-refractivity contribution >= 4 is 10.8 Å². The molecule has 92 valence electrons. The molecule has 2 aromatic rings. The summed E-state index contributed by atoms with van der Waals surface area (Å²) in [5.41, 5.74) is 1.32. The van der Waals surface area contributed by atoms with E-state index in [0.29, 0.717) is 0 Å². The molecule has 0 nitrogen and oxygen atoms in total. The van der Waals surface area contributed by atoms with Crippen LogP contribution in [0.5, 0.6) is 0 Å². The molecular formula is C17H24. The number of unbranched alkanes of at least 4 members (excludes halogenated alkanes) is 3. The second-order valence-corrected chi connectivity index (χ2v) is 4.56. The molecule has 2 aromatic carbocycles. The monoisotopic (exact) mass is 228 g/mol. The van der Waals surface area contributed by atoms with E-state index < -0.39 is 0 Å². The van der Waals surface area contributed by atoms with Gasteiger partial charge in [-0.15, -0.1) is 0 Å². The molecule has 0 bridgehead atoms. The Labute approximate surface area is 106 Å². The van der Waals surface area contributed by atoms with Crippen LogP contribution in [0, 0.1) is 6.92 Å². The topological polar surface area (TPSA) is 0 Å². The number of fused-ring (bicyclic) bond motifs is 1. The zero-order valence-electron chi connectivity index (χ0n) is 11.4. The number of rotatable bonds is 3. The van der Waals surface area contributed by atoms with E-state index >= 15 is 0 Å². The van der Waals surface area contributed by atoms with Crippen LogP contribution < -0.4 is 0 Å². The fraction of sp³-hybridized carbons (Fsp3) is 0.412. The van der Waals surface area contributed by atoms with Gasteiger partial charge < -0.3 is 0 Å². The smallest absolute Gasteiger partial charge is 0.0181 e. The average molecular weight is 228 g/mol. The van der Waals surface area contributed by atoms with Crippen LogP contribution in [-0.2, 0) is 0 Å². The van der Waals surface area contributed by atoms with Crippen LogP contribution in [0.25, 0.3) is 10.8 Å². The third-order valence-corrected chi connectivity index (χ3v) is 2.86. The van der Waals surface area contributed by atoms with Gasteiger partial charge >= 0.3 is 0 Å². The zero-order valence-corrected chi connectivity index (χ0v) is 11.4. The van der Waals surface area contributed by atoms with E-state index in [9.17, 15) is 0 Å². The van der Waals surface area contributed by atoms with Gasteiger partial charge in [0.05, 0.1) is 0 Å². The van der Waals surface area contributed by atoms with Crippen molar-refractivity contribution in [2.24, 2.45) is 0 Å². The lowest BCUT2D eigenvalue weighted by Gasteiger charge is -1.96. The van der Waals surface area contributed by atoms with E-state index in [1.807, 2.05) is 0 Å². The SMILES string of the molecule is CCCCCC.Cc1ccc2ccccc2c1. The van der Waals surface area contributed by atoms with Crippen molar-refractivity contribution in [2.75, 3.05) is 0 Å². The summed E-state index contributed by atoms with van der Waals surface area (Å²) in [5.74, 6) is 0. The van der Waals surface area contributed by atoms with Crippen LogP contribution >= 0.6 is 0 Å². The number of hydrogen-bond donors (Lipinski definition) is 0. The Balaban J connectivity index is 0.000000209. The van der Waals surface area contributed by atoms with Crippen molar-refractivity contribution in [1.82, 2.24) is 0 Å². The molecule has 0 heterocycles. The highest BCUT2D eigenvalue weighted by molar-refractivity contribution is 5.82. The lowest BCUT2D eigenvalue weighted by Crippen LogP contribution is -1.73. The zero-order chi connectivity index (χ0) is 12.5. The van der Waals surface area contributed by atoms with Gasteiger partial charge in [0.2, 0.25) is 0 Å². The molecule has 0 fully saturated rings. The van der Waals surface area contributed by atoms with Gasteiger partial charge in [0.1, 0.15) is 0 Å². The molecule has 2 rings (SSSR count). The molecule has 0 amide bonds. The lowest BCUT2D eigenvalue weighted by atomic mass is 10.1. The predicted molar refractivity (Wildman–Crippen MR) is 78.5 cm³/mol. The molecule has 0 atom stereocenters. The minimum atomic E-state index is 1.32. The highest BCUT2D eigenvalue weighted by Crippen LogP contribution is 2.14. The predicted octanol–water partition coefficient (Wildman–Crippen LogP) is 5.73. The first-order chi connectivity index (χ1) is 8.27. The van der Waals surface area contributed by atoms with Crippen LogP contribution in [0.1, 0.15) is 45.1 Å². The quantitative estimate of drug-likeness (QED) is 0.588. The molecule has 0 radical (unpaired) electrons. The molecule has 0 aliphatic carbocycles. The average Bonchev–Trinajstić information content (AvgIpc) is 2.37. The lowest BCUT2D eigenvalue weighted by molar-refractivity contribution is 0.702. The van der Waals surface area contributed by atoms with Crippen molar-refractivity contribution in [2.45, 2.75) is 46.5 Å². The molecule has 0 aliphatic rings. The number of aryl methyl sites for hydroxylation is 1. The van der Waals surface area contributed by atoms with Crippen molar-refractivity contribution < 1.29 is 0 Å². The van der Waals surface area contributed by atoms with E-state index in [4.69, 9.17) is 0 Å². The molecule has 17 heavy (non-hydrogen) atoms. The van der Waals surface area contributed by atoms with Crippen LogP contribution in [0.15, 0.2) is 42.5 Å². The van der Waals surface area contributed by atoms with Gasteiger partial charge in [-0.2, -0.15) is 0 Å². The summed E-state index contributed by atoms with van der Waals surface area (Å²) < 4.78 is 0. The van der Waals surface area contributed by atoms with E-state index in [1.54, 1.807) is 0 Å². The molecule has 0 aliphatic heterocycles. The third kappa shape index (κ3) is 5.04. The van der Waals surface area contributed by atoms with E-state index in [1.165, 1.54) is 42.0 Å². The number of hydrogen-bond acceptors (Lipinski definition) is 0. The Morgan fingerprint density at radius 1 is 0.765 bits per heavy atom. The summed E-state index contributed by atoms with van der Waals surface area (Å²) in [4.78, 5) is 0. The van der Waals surface area contributed by atoms with Crippen molar-refractivity contribution in [3.05, 3.63) is 48.0 Å².